The minimum atomic E-state index is -0.104. The van der Waals surface area contributed by atoms with Gasteiger partial charge in [0.25, 0.3) is 5.91 Å². The fourth-order valence-corrected chi connectivity index (χ4v) is 5.04. The summed E-state index contributed by atoms with van der Waals surface area (Å²) in [7, 11) is 0. The van der Waals surface area contributed by atoms with Crippen molar-refractivity contribution in [1.29, 1.82) is 0 Å². The average Bonchev–Trinajstić information content (AvgIpc) is 3.53. The van der Waals surface area contributed by atoms with Gasteiger partial charge in [-0.3, -0.25) is 9.69 Å². The molecule has 3 aromatic carbocycles. The molecule has 0 fully saturated rings. The number of aromatic nitrogens is 3. The van der Waals surface area contributed by atoms with Gasteiger partial charge in [0, 0.05) is 25.5 Å². The molecule has 7 heteroatoms. The third-order valence-electron chi connectivity index (χ3n) is 6.05. The second-order valence-corrected chi connectivity index (χ2v) is 9.36. The van der Waals surface area contributed by atoms with Crippen molar-refractivity contribution in [2.45, 2.75) is 26.8 Å². The summed E-state index contributed by atoms with van der Waals surface area (Å²) < 4.78 is 9.02. The molecule has 0 aliphatic heterocycles. The van der Waals surface area contributed by atoms with Crippen LogP contribution in [0.3, 0.4) is 0 Å². The summed E-state index contributed by atoms with van der Waals surface area (Å²) >= 11 is 1.55. The molecule has 6 nitrogen and oxygen atoms in total. The van der Waals surface area contributed by atoms with Gasteiger partial charge in [0.2, 0.25) is 0 Å². The van der Waals surface area contributed by atoms with Gasteiger partial charge in [-0.05, 0) is 60.4 Å². The van der Waals surface area contributed by atoms with E-state index in [4.69, 9.17) is 9.72 Å². The minimum Gasteiger partial charge on any atom is -0.484 e. The number of hydrogen-bond donors (Lipinski definition) is 0. The number of fused-ring (bicyclic) bond motifs is 2. The first-order valence-corrected chi connectivity index (χ1v) is 12.1. The first-order valence-electron chi connectivity index (χ1n) is 11.3. The summed E-state index contributed by atoms with van der Waals surface area (Å²) in [6, 6.07) is 18.2. The van der Waals surface area contributed by atoms with Gasteiger partial charge in [-0.25, -0.2) is 9.97 Å². The normalized spacial score (nSPS) is 11.2. The van der Waals surface area contributed by atoms with E-state index in [9.17, 15) is 4.79 Å². The number of anilines is 1. The lowest BCUT2D eigenvalue weighted by Crippen LogP contribution is -2.36. The zero-order valence-electron chi connectivity index (χ0n) is 19.3. The van der Waals surface area contributed by atoms with Crippen molar-refractivity contribution in [3.8, 4) is 5.75 Å². The number of thiazole rings is 1. The quantitative estimate of drug-likeness (QED) is 0.289. The fraction of sp³-hybridized carbons (Fsp3) is 0.222. The lowest BCUT2D eigenvalue weighted by atomic mass is 10.1. The van der Waals surface area contributed by atoms with Crippen LogP contribution in [-0.2, 0) is 11.3 Å². The highest BCUT2D eigenvalue weighted by Crippen LogP contribution is 2.32. The monoisotopic (exact) mass is 470 g/mol. The number of carbonyl (C=O) groups excluding carboxylic acids is 1. The van der Waals surface area contributed by atoms with Crippen molar-refractivity contribution >= 4 is 43.4 Å². The van der Waals surface area contributed by atoms with Crippen molar-refractivity contribution in [3.63, 3.8) is 0 Å². The lowest BCUT2D eigenvalue weighted by molar-refractivity contribution is -0.120. The highest BCUT2D eigenvalue weighted by molar-refractivity contribution is 7.22. The molecule has 0 saturated heterocycles. The van der Waals surface area contributed by atoms with E-state index in [1.165, 1.54) is 5.56 Å². The molecule has 5 aromatic rings. The van der Waals surface area contributed by atoms with E-state index in [1.807, 2.05) is 47.2 Å². The van der Waals surface area contributed by atoms with Gasteiger partial charge in [-0.15, -0.1) is 0 Å². The maximum absolute atomic E-state index is 13.4. The Bertz CT molecular complexity index is 1440. The Hall–Kier alpha value is -3.71. The zero-order chi connectivity index (χ0) is 23.5. The van der Waals surface area contributed by atoms with Crippen LogP contribution in [0.15, 0.2) is 73.3 Å². The molecular weight excluding hydrogens is 444 g/mol. The largest absolute Gasteiger partial charge is 0.484 e. The molecule has 0 bridgehead atoms. The number of rotatable bonds is 8. The molecule has 0 unspecified atom stereocenters. The Labute approximate surface area is 202 Å². The number of benzene rings is 3. The topological polar surface area (TPSA) is 60.2 Å². The second kappa shape index (κ2) is 9.65. The van der Waals surface area contributed by atoms with Crippen LogP contribution in [0.1, 0.15) is 17.5 Å². The molecule has 0 atom stereocenters. The van der Waals surface area contributed by atoms with Crippen LogP contribution in [-0.4, -0.2) is 33.6 Å². The molecule has 0 aliphatic rings. The molecule has 0 aliphatic carbocycles. The average molecular weight is 471 g/mol. The predicted octanol–water partition coefficient (Wildman–Crippen LogP) is 5.77. The summed E-state index contributed by atoms with van der Waals surface area (Å²) in [5, 5.41) is 2.94. The van der Waals surface area contributed by atoms with Gasteiger partial charge in [0.05, 0.1) is 16.5 Å². The van der Waals surface area contributed by atoms with Crippen LogP contribution in [0.4, 0.5) is 5.13 Å². The van der Waals surface area contributed by atoms with Crippen LogP contribution in [0, 0.1) is 13.8 Å². The van der Waals surface area contributed by atoms with Crippen LogP contribution >= 0.6 is 11.3 Å². The van der Waals surface area contributed by atoms with Gasteiger partial charge < -0.3 is 9.30 Å². The van der Waals surface area contributed by atoms with Crippen molar-refractivity contribution in [2.24, 2.45) is 0 Å². The van der Waals surface area contributed by atoms with Crippen LogP contribution in [0.2, 0.25) is 0 Å². The molecule has 2 heterocycles. The van der Waals surface area contributed by atoms with E-state index in [-0.39, 0.29) is 12.5 Å². The zero-order valence-corrected chi connectivity index (χ0v) is 20.1. The number of imidazole rings is 1. The summed E-state index contributed by atoms with van der Waals surface area (Å²) in [6.07, 6.45) is 6.27. The molecule has 0 radical (unpaired) electrons. The highest BCUT2D eigenvalue weighted by atomic mass is 32.1. The first kappa shape index (κ1) is 22.1. The second-order valence-electron chi connectivity index (χ2n) is 8.35. The number of ether oxygens (including phenoxy) is 1. The van der Waals surface area contributed by atoms with E-state index < -0.39 is 0 Å². The van der Waals surface area contributed by atoms with E-state index >= 15 is 0 Å². The van der Waals surface area contributed by atoms with Gasteiger partial charge in [-0.1, -0.05) is 47.7 Å². The molecule has 0 N–H and O–H groups in total. The lowest BCUT2D eigenvalue weighted by Gasteiger charge is -2.20. The van der Waals surface area contributed by atoms with Gasteiger partial charge in [0.15, 0.2) is 11.7 Å². The van der Waals surface area contributed by atoms with Crippen LogP contribution in [0.25, 0.3) is 21.0 Å². The fourth-order valence-electron chi connectivity index (χ4n) is 3.97. The first-order chi connectivity index (χ1) is 16.6. The van der Waals surface area contributed by atoms with E-state index in [0.29, 0.717) is 17.4 Å². The number of carbonyl (C=O) groups is 1. The van der Waals surface area contributed by atoms with Crippen molar-refractivity contribution in [3.05, 3.63) is 84.4 Å². The smallest absolute Gasteiger partial charge is 0.266 e. The van der Waals surface area contributed by atoms with E-state index in [1.54, 1.807) is 28.8 Å². The molecular formula is C27H26N4O2S. The molecule has 172 valence electrons. The number of aryl methyl sites for hydroxylation is 3. The Balaban J connectivity index is 1.36. The predicted molar refractivity (Wildman–Crippen MR) is 138 cm³/mol. The Morgan fingerprint density at radius 2 is 1.94 bits per heavy atom. The van der Waals surface area contributed by atoms with Crippen molar-refractivity contribution in [2.75, 3.05) is 18.1 Å². The van der Waals surface area contributed by atoms with Gasteiger partial charge in [-0.2, -0.15) is 0 Å². The highest BCUT2D eigenvalue weighted by Gasteiger charge is 2.21. The Morgan fingerprint density at radius 1 is 1.09 bits per heavy atom. The molecule has 0 saturated carbocycles. The Kier molecular flexibility index (Phi) is 6.27. The van der Waals surface area contributed by atoms with Gasteiger partial charge in [0.1, 0.15) is 5.75 Å². The number of amides is 1. The molecule has 34 heavy (non-hydrogen) atoms. The van der Waals surface area contributed by atoms with E-state index in [0.717, 1.165) is 39.5 Å². The number of nitrogens with zero attached hydrogens (tertiary/aromatic N) is 4. The molecule has 2 aromatic heterocycles. The summed E-state index contributed by atoms with van der Waals surface area (Å²) in [6.45, 7) is 5.44. The van der Waals surface area contributed by atoms with Crippen molar-refractivity contribution in [1.82, 2.24) is 14.5 Å². The van der Waals surface area contributed by atoms with Crippen LogP contribution in [0.5, 0.6) is 5.75 Å². The number of hydrogen-bond acceptors (Lipinski definition) is 5. The summed E-state index contributed by atoms with van der Waals surface area (Å²) in [4.78, 5) is 24.1. The maximum atomic E-state index is 13.4. The summed E-state index contributed by atoms with van der Waals surface area (Å²) in [5.41, 5.74) is 3.31. The summed E-state index contributed by atoms with van der Waals surface area (Å²) in [5.74, 6) is 0.577. The van der Waals surface area contributed by atoms with E-state index in [2.05, 4.69) is 37.0 Å². The van der Waals surface area contributed by atoms with Gasteiger partial charge >= 0.3 is 0 Å². The maximum Gasteiger partial charge on any atom is 0.266 e. The third-order valence-corrected chi connectivity index (χ3v) is 7.09. The standard InChI is InChI=1S/C27H26N4O2S/c1-19-8-11-24-26(20(19)2)29-27(34-24)31(14-5-13-30-15-12-28-18-30)25(32)17-33-23-10-9-21-6-3-4-7-22(21)16-23/h3-4,6-12,15-16,18H,5,13-14,17H2,1-2H3. The minimum absolute atomic E-state index is 0.0443. The molecule has 0 spiro atoms. The van der Waals surface area contributed by atoms with Crippen molar-refractivity contribution < 1.29 is 9.53 Å². The molecule has 1 amide bonds. The van der Waals surface area contributed by atoms with Crippen LogP contribution < -0.4 is 9.64 Å². The molecule has 5 rings (SSSR count). The SMILES string of the molecule is Cc1ccc2sc(N(CCCn3ccnc3)C(=O)COc3ccc4ccccc4c3)nc2c1C. The Morgan fingerprint density at radius 3 is 2.76 bits per heavy atom. The third kappa shape index (κ3) is 4.65.